The maximum absolute atomic E-state index is 15.2. The number of anilines is 6. The van der Waals surface area contributed by atoms with Crippen molar-refractivity contribution in [2.75, 3.05) is 86.7 Å². The highest BCUT2D eigenvalue weighted by Gasteiger charge is 2.26. The molecule has 4 rings (SSSR count). The number of aliphatic hydroxyl groups is 1. The maximum atomic E-state index is 15.2. The van der Waals surface area contributed by atoms with Crippen molar-refractivity contribution in [3.63, 3.8) is 0 Å². The first-order valence-corrected chi connectivity index (χ1v) is 21.1. The van der Waals surface area contributed by atoms with Gasteiger partial charge in [0.2, 0.25) is 21.9 Å². The molecule has 1 aliphatic heterocycles. The number of halogens is 2. The predicted molar refractivity (Wildman–Crippen MR) is 208 cm³/mol. The second kappa shape index (κ2) is 18.5. The van der Waals surface area contributed by atoms with E-state index in [1.807, 2.05) is 25.1 Å². The van der Waals surface area contributed by atoms with Crippen LogP contribution in [0.25, 0.3) is 0 Å². The number of likely N-dealkylation sites (N-methyl/N-ethyl adjacent to an activating group) is 1. The van der Waals surface area contributed by atoms with E-state index in [2.05, 4.69) is 46.7 Å². The van der Waals surface area contributed by atoms with Crippen LogP contribution in [0, 0.1) is 5.82 Å². The molecule has 3 aromatic rings. The van der Waals surface area contributed by atoms with Crippen LogP contribution in [0.1, 0.15) is 31.7 Å². The van der Waals surface area contributed by atoms with E-state index in [1.54, 1.807) is 13.0 Å². The summed E-state index contributed by atoms with van der Waals surface area (Å²) in [7, 11) is -3.38. The third kappa shape index (κ3) is 11.7. The number of hydrogen-bond acceptors (Lipinski definition) is 14. The second-order valence-corrected chi connectivity index (χ2v) is 17.0. The van der Waals surface area contributed by atoms with Gasteiger partial charge in [-0.2, -0.15) is 13.4 Å². The van der Waals surface area contributed by atoms with Gasteiger partial charge >= 0.3 is 0 Å². The van der Waals surface area contributed by atoms with Crippen LogP contribution >= 0.6 is 15.9 Å². The second-order valence-electron chi connectivity index (χ2n) is 12.8. The van der Waals surface area contributed by atoms with Crippen molar-refractivity contribution in [3.05, 3.63) is 46.3 Å². The van der Waals surface area contributed by atoms with Crippen LogP contribution in [0.2, 0.25) is 0 Å². The van der Waals surface area contributed by atoms with Crippen molar-refractivity contribution < 1.29 is 45.2 Å². The Morgan fingerprint density at radius 2 is 1.80 bits per heavy atom. The Kier molecular flexibility index (Phi) is 14.7. The van der Waals surface area contributed by atoms with Gasteiger partial charge in [0.1, 0.15) is 28.9 Å². The summed E-state index contributed by atoms with van der Waals surface area (Å²) in [6.07, 6.45) is 4.19. The summed E-state index contributed by atoms with van der Waals surface area (Å²) in [6.45, 7) is 3.23. The fourth-order valence-electron chi connectivity index (χ4n) is 5.82. The highest BCUT2D eigenvalue weighted by atomic mass is 79.9. The van der Waals surface area contributed by atoms with E-state index < -0.39 is 37.3 Å². The number of rotatable bonds is 18. The van der Waals surface area contributed by atoms with E-state index in [0.29, 0.717) is 47.7 Å². The number of hydrogen-bond donors (Lipinski definition) is 5. The third-order valence-electron chi connectivity index (χ3n) is 8.20. The molecule has 2 aromatic carbocycles. The zero-order valence-electron chi connectivity index (χ0n) is 30.6. The molecule has 0 bridgehead atoms. The Labute approximate surface area is 323 Å². The quantitative estimate of drug-likeness (QED) is 0.0915. The lowest BCUT2D eigenvalue weighted by molar-refractivity contribution is -0.122. The molecule has 17 nitrogen and oxygen atoms in total. The molecular weight excluding hydrogens is 815 g/mol. The van der Waals surface area contributed by atoms with Gasteiger partial charge in [-0.05, 0) is 61.9 Å². The minimum atomic E-state index is -4.65. The fourth-order valence-corrected chi connectivity index (χ4v) is 7.70. The zero-order chi connectivity index (χ0) is 39.8. The minimum Gasteiger partial charge on any atom is -0.494 e. The SMILES string of the molecule is CCN(c1cc(CS(=O)(=O)O)c(F)cc1Nc1nc(Nc2cc(OCCCO)c(N3CCC(NC(=O)CN(C)C)CC3)cc2OC)ncc1Br)S(C)(=O)=O. The van der Waals surface area contributed by atoms with Gasteiger partial charge < -0.3 is 40.3 Å². The number of aliphatic hydroxyl groups excluding tert-OH is 1. The molecule has 0 unspecified atom stereocenters. The molecule has 54 heavy (non-hydrogen) atoms. The van der Waals surface area contributed by atoms with Gasteiger partial charge in [-0.1, -0.05) is 0 Å². The Morgan fingerprint density at radius 1 is 1.09 bits per heavy atom. The summed E-state index contributed by atoms with van der Waals surface area (Å²) in [5, 5.41) is 18.5. The van der Waals surface area contributed by atoms with Crippen molar-refractivity contribution in [2.45, 2.75) is 38.0 Å². The number of nitrogens with zero attached hydrogens (tertiary/aromatic N) is 5. The third-order valence-corrected chi connectivity index (χ3v) is 10.7. The van der Waals surface area contributed by atoms with Gasteiger partial charge in [0.15, 0.2) is 0 Å². The number of benzene rings is 2. The van der Waals surface area contributed by atoms with Crippen molar-refractivity contribution in [1.82, 2.24) is 20.2 Å². The lowest BCUT2D eigenvalue weighted by Gasteiger charge is -2.35. The van der Waals surface area contributed by atoms with Crippen LogP contribution in [0.4, 0.5) is 38.9 Å². The molecule has 1 amide bonds. The van der Waals surface area contributed by atoms with Gasteiger partial charge in [0.25, 0.3) is 10.1 Å². The van der Waals surface area contributed by atoms with Crippen molar-refractivity contribution >= 4 is 76.5 Å². The highest BCUT2D eigenvalue weighted by molar-refractivity contribution is 9.10. The molecule has 1 aliphatic rings. The van der Waals surface area contributed by atoms with E-state index in [1.165, 1.54) is 13.3 Å². The van der Waals surface area contributed by atoms with Gasteiger partial charge in [-0.15, -0.1) is 0 Å². The molecule has 0 saturated carbocycles. The number of amides is 1. The summed E-state index contributed by atoms with van der Waals surface area (Å²) >= 11 is 3.37. The lowest BCUT2D eigenvalue weighted by atomic mass is 10.0. The van der Waals surface area contributed by atoms with Crippen molar-refractivity contribution in [2.24, 2.45) is 0 Å². The van der Waals surface area contributed by atoms with Crippen molar-refractivity contribution in [1.29, 1.82) is 0 Å². The van der Waals surface area contributed by atoms with Crippen LogP contribution in [-0.4, -0.2) is 120 Å². The van der Waals surface area contributed by atoms with Crippen molar-refractivity contribution in [3.8, 4) is 11.5 Å². The monoisotopic (exact) mass is 860 g/mol. The number of aromatic nitrogens is 2. The van der Waals surface area contributed by atoms with Gasteiger partial charge in [0, 0.05) is 62.6 Å². The first-order valence-electron chi connectivity index (χ1n) is 16.9. The molecule has 0 radical (unpaired) electrons. The topological polar surface area (TPSA) is 216 Å². The first-order chi connectivity index (χ1) is 25.4. The normalized spacial score (nSPS) is 13.9. The van der Waals surface area contributed by atoms with E-state index in [9.17, 15) is 31.3 Å². The summed E-state index contributed by atoms with van der Waals surface area (Å²) in [4.78, 5) is 25.1. The predicted octanol–water partition coefficient (Wildman–Crippen LogP) is 3.46. The average Bonchev–Trinajstić information content (AvgIpc) is 3.07. The molecule has 21 heteroatoms. The van der Waals surface area contributed by atoms with E-state index >= 15 is 4.39 Å². The Bertz CT molecular complexity index is 2020. The Balaban J connectivity index is 1.66. The molecule has 0 spiro atoms. The number of carbonyl (C=O) groups excluding carboxylic acids is 1. The van der Waals surface area contributed by atoms with Crippen LogP contribution in [0.15, 0.2) is 34.9 Å². The Hall–Kier alpha value is -4.02. The van der Waals surface area contributed by atoms with Crippen LogP contribution < -0.4 is 34.6 Å². The molecule has 5 N–H and O–H groups in total. The number of sulfonamides is 1. The molecule has 298 valence electrons. The number of ether oxygens (including phenoxy) is 2. The molecule has 1 fully saturated rings. The summed E-state index contributed by atoms with van der Waals surface area (Å²) in [5.74, 6) is -1.04. The molecule has 0 atom stereocenters. The number of carbonyl (C=O) groups is 1. The van der Waals surface area contributed by atoms with Crippen LogP contribution in [0.3, 0.4) is 0 Å². The summed E-state index contributed by atoms with van der Waals surface area (Å²) in [5.41, 5.74) is 0.599. The summed E-state index contributed by atoms with van der Waals surface area (Å²) in [6, 6.07) is 5.53. The Morgan fingerprint density at radius 3 is 2.39 bits per heavy atom. The average molecular weight is 862 g/mol. The lowest BCUT2D eigenvalue weighted by Crippen LogP contribution is -2.46. The molecule has 1 saturated heterocycles. The highest BCUT2D eigenvalue weighted by Crippen LogP contribution is 2.41. The van der Waals surface area contributed by atoms with Crippen LogP contribution in [0.5, 0.6) is 11.5 Å². The smallest absolute Gasteiger partial charge is 0.269 e. The number of nitrogens with one attached hydrogen (secondary N) is 3. The van der Waals surface area contributed by atoms with Gasteiger partial charge in [-0.25, -0.2) is 17.8 Å². The van der Waals surface area contributed by atoms with E-state index in [0.717, 1.165) is 41.2 Å². The van der Waals surface area contributed by atoms with E-state index in [-0.39, 0.29) is 54.8 Å². The maximum Gasteiger partial charge on any atom is 0.269 e. The molecule has 1 aromatic heterocycles. The largest absolute Gasteiger partial charge is 0.494 e. The van der Waals surface area contributed by atoms with Gasteiger partial charge in [0.05, 0.1) is 53.7 Å². The fraction of sp³-hybridized carbons (Fsp3) is 0.485. The first kappa shape index (κ1) is 42.7. The molecular formula is C33H46BrFN8O9S2. The summed E-state index contributed by atoms with van der Waals surface area (Å²) < 4.78 is 86.2. The molecule has 0 aliphatic carbocycles. The molecule has 2 heterocycles. The van der Waals surface area contributed by atoms with Crippen LogP contribution in [-0.2, 0) is 30.7 Å². The zero-order valence-corrected chi connectivity index (χ0v) is 33.8. The standard InChI is InChI=1S/C33H46BrFN8O9S2/c1-6-43(53(5,46)47)27-14-21(20-54(48,49)50)24(35)15-25(27)38-32-23(34)18-36-33(40-32)39-26-16-30(52-13-7-12-44)28(17-29(26)51-4)42-10-8-22(9-11-42)37-31(45)19-41(2)3/h14-18,22,44H,6-13,19-20H2,1-5H3,(H,37,45)(H,48,49,50)(H2,36,38,39,40). The van der Waals surface area contributed by atoms with Gasteiger partial charge in [-0.3, -0.25) is 13.7 Å². The van der Waals surface area contributed by atoms with E-state index in [4.69, 9.17) is 9.47 Å². The number of methoxy groups -OCH3 is 1. The number of piperidine rings is 1. The minimum absolute atomic E-state index is 0.0323.